The highest BCUT2D eigenvalue weighted by molar-refractivity contribution is 5.92. The standard InChI is InChI=1S/C19H14N4O3/c24-19(16-2-1-7-25-16)23-10-13-8-12(15-5-6-21-22-15)3-4-14(13)18(23)17-9-20-11-26-17/h1-9,11,18H,10H2,(H,21,22). The molecule has 5 rings (SSSR count). The number of nitrogens with zero attached hydrogens (tertiary/aromatic N) is 3. The van der Waals surface area contributed by atoms with Crippen LogP contribution in [0.3, 0.4) is 0 Å². The Hall–Kier alpha value is -3.61. The lowest BCUT2D eigenvalue weighted by Crippen LogP contribution is -2.29. The average molecular weight is 346 g/mol. The Morgan fingerprint density at radius 3 is 2.92 bits per heavy atom. The SMILES string of the molecule is O=C(c1ccco1)N1Cc2cc(-c3ccn[nH]3)ccc2C1c1cnco1. The van der Waals surface area contributed by atoms with Crippen LogP contribution in [0.2, 0.25) is 0 Å². The van der Waals surface area contributed by atoms with Crippen molar-refractivity contribution in [3.05, 3.63) is 84.1 Å². The van der Waals surface area contributed by atoms with E-state index in [2.05, 4.69) is 21.2 Å². The predicted octanol–water partition coefficient (Wildman–Crippen LogP) is 3.40. The average Bonchev–Trinajstić information content (AvgIpc) is 3.47. The number of carbonyl (C=O) groups excluding carboxylic acids is 1. The first-order valence-corrected chi connectivity index (χ1v) is 8.16. The summed E-state index contributed by atoms with van der Waals surface area (Å²) in [6.07, 6.45) is 6.23. The molecule has 1 amide bonds. The van der Waals surface area contributed by atoms with Crippen LogP contribution in [0.25, 0.3) is 11.3 Å². The molecular weight excluding hydrogens is 332 g/mol. The highest BCUT2D eigenvalue weighted by Crippen LogP contribution is 2.40. The predicted molar refractivity (Wildman–Crippen MR) is 91.0 cm³/mol. The summed E-state index contributed by atoms with van der Waals surface area (Å²) in [6.45, 7) is 0.461. The molecule has 26 heavy (non-hydrogen) atoms. The molecule has 3 aromatic heterocycles. The number of hydrogen-bond acceptors (Lipinski definition) is 5. The number of H-pyrrole nitrogens is 1. The number of aromatic amines is 1. The largest absolute Gasteiger partial charge is 0.459 e. The molecule has 1 atom stereocenters. The minimum Gasteiger partial charge on any atom is -0.459 e. The maximum absolute atomic E-state index is 12.9. The Balaban J connectivity index is 1.59. The minimum absolute atomic E-state index is 0.185. The Kier molecular flexibility index (Phi) is 3.24. The zero-order valence-electron chi connectivity index (χ0n) is 13.6. The van der Waals surface area contributed by atoms with E-state index in [0.29, 0.717) is 18.1 Å². The van der Waals surface area contributed by atoms with Crippen molar-refractivity contribution in [2.24, 2.45) is 0 Å². The molecule has 0 aliphatic carbocycles. The van der Waals surface area contributed by atoms with Crippen molar-refractivity contribution >= 4 is 5.91 Å². The van der Waals surface area contributed by atoms with Gasteiger partial charge in [-0.05, 0) is 41.0 Å². The summed E-state index contributed by atoms with van der Waals surface area (Å²) in [6, 6.07) is 11.1. The van der Waals surface area contributed by atoms with Crippen molar-refractivity contribution in [2.75, 3.05) is 0 Å². The number of furan rings is 1. The van der Waals surface area contributed by atoms with Gasteiger partial charge in [-0.15, -0.1) is 0 Å². The summed E-state index contributed by atoms with van der Waals surface area (Å²) in [7, 11) is 0. The summed E-state index contributed by atoms with van der Waals surface area (Å²) in [5.74, 6) is 0.741. The molecule has 0 fully saturated rings. The number of benzene rings is 1. The van der Waals surface area contributed by atoms with E-state index in [9.17, 15) is 4.79 Å². The first kappa shape index (κ1) is 14.7. The Labute approximate surface area is 148 Å². The van der Waals surface area contributed by atoms with Gasteiger partial charge in [0.1, 0.15) is 6.04 Å². The fourth-order valence-corrected chi connectivity index (χ4v) is 3.43. The van der Waals surface area contributed by atoms with E-state index in [4.69, 9.17) is 8.83 Å². The number of fused-ring (bicyclic) bond motifs is 1. The smallest absolute Gasteiger partial charge is 0.290 e. The van der Waals surface area contributed by atoms with Crippen molar-refractivity contribution in [2.45, 2.75) is 12.6 Å². The van der Waals surface area contributed by atoms with Crippen molar-refractivity contribution in [3.63, 3.8) is 0 Å². The van der Waals surface area contributed by atoms with Gasteiger partial charge in [0.05, 0.1) is 18.2 Å². The zero-order chi connectivity index (χ0) is 17.5. The van der Waals surface area contributed by atoms with Crippen LogP contribution in [0.4, 0.5) is 0 Å². The van der Waals surface area contributed by atoms with Crippen LogP contribution in [0.15, 0.2) is 70.3 Å². The maximum atomic E-state index is 12.9. The molecule has 0 radical (unpaired) electrons. The van der Waals surface area contributed by atoms with Gasteiger partial charge < -0.3 is 13.7 Å². The van der Waals surface area contributed by atoms with Crippen molar-refractivity contribution in [3.8, 4) is 11.3 Å². The van der Waals surface area contributed by atoms with E-state index in [1.54, 1.807) is 29.4 Å². The van der Waals surface area contributed by atoms with Crippen molar-refractivity contribution < 1.29 is 13.6 Å². The molecule has 1 aromatic carbocycles. The van der Waals surface area contributed by atoms with Gasteiger partial charge in [0.25, 0.3) is 5.91 Å². The van der Waals surface area contributed by atoms with Crippen LogP contribution in [0, 0.1) is 0 Å². The Morgan fingerprint density at radius 2 is 2.19 bits per heavy atom. The fourth-order valence-electron chi connectivity index (χ4n) is 3.43. The van der Waals surface area contributed by atoms with Gasteiger partial charge in [-0.2, -0.15) is 5.10 Å². The zero-order valence-corrected chi connectivity index (χ0v) is 13.6. The lowest BCUT2D eigenvalue weighted by atomic mass is 9.99. The number of aromatic nitrogens is 3. The second kappa shape index (κ2) is 5.73. The van der Waals surface area contributed by atoms with Crippen LogP contribution < -0.4 is 0 Å². The number of carbonyl (C=O) groups is 1. The Bertz CT molecular complexity index is 1040. The lowest BCUT2D eigenvalue weighted by Gasteiger charge is -2.22. The molecule has 0 saturated carbocycles. The van der Waals surface area contributed by atoms with E-state index in [1.807, 2.05) is 18.2 Å². The van der Waals surface area contributed by atoms with Crippen LogP contribution in [-0.2, 0) is 6.54 Å². The van der Waals surface area contributed by atoms with Crippen molar-refractivity contribution in [1.29, 1.82) is 0 Å². The molecule has 0 bridgehead atoms. The summed E-state index contributed by atoms with van der Waals surface area (Å²) in [5, 5.41) is 6.97. The van der Waals surface area contributed by atoms with Crippen molar-refractivity contribution in [1.82, 2.24) is 20.1 Å². The van der Waals surface area contributed by atoms with Crippen LogP contribution in [-0.4, -0.2) is 26.0 Å². The number of hydrogen-bond donors (Lipinski definition) is 1. The summed E-state index contributed by atoms with van der Waals surface area (Å²) < 4.78 is 10.8. The first-order valence-electron chi connectivity index (χ1n) is 8.16. The molecule has 1 N–H and O–H groups in total. The fraction of sp³-hybridized carbons (Fsp3) is 0.105. The molecule has 7 heteroatoms. The normalized spacial score (nSPS) is 16.0. The number of oxazole rings is 1. The second-order valence-corrected chi connectivity index (χ2v) is 6.10. The van der Waals surface area contributed by atoms with Crippen LogP contribution in [0.5, 0.6) is 0 Å². The van der Waals surface area contributed by atoms with E-state index in [-0.39, 0.29) is 11.9 Å². The molecule has 0 spiro atoms. The monoisotopic (exact) mass is 346 g/mol. The minimum atomic E-state index is -0.332. The van der Waals surface area contributed by atoms with E-state index in [0.717, 1.165) is 22.4 Å². The topological polar surface area (TPSA) is 88.2 Å². The second-order valence-electron chi connectivity index (χ2n) is 6.10. The third kappa shape index (κ3) is 2.25. The van der Waals surface area contributed by atoms with Crippen LogP contribution in [0.1, 0.15) is 33.5 Å². The van der Waals surface area contributed by atoms with Crippen LogP contribution >= 0.6 is 0 Å². The molecule has 1 aliphatic heterocycles. The number of rotatable bonds is 3. The molecule has 4 heterocycles. The molecule has 4 aromatic rings. The molecule has 7 nitrogen and oxygen atoms in total. The molecule has 1 unspecified atom stereocenters. The van der Waals surface area contributed by atoms with Gasteiger partial charge in [-0.3, -0.25) is 9.89 Å². The molecule has 0 saturated heterocycles. The third-order valence-corrected chi connectivity index (χ3v) is 4.62. The van der Waals surface area contributed by atoms with Gasteiger partial charge in [0, 0.05) is 12.7 Å². The summed E-state index contributed by atoms with van der Waals surface area (Å²) in [5.41, 5.74) is 4.02. The first-order chi connectivity index (χ1) is 12.8. The van der Waals surface area contributed by atoms with Gasteiger partial charge >= 0.3 is 0 Å². The molecular formula is C19H14N4O3. The number of amides is 1. The summed E-state index contributed by atoms with van der Waals surface area (Å²) >= 11 is 0. The third-order valence-electron chi connectivity index (χ3n) is 4.62. The lowest BCUT2D eigenvalue weighted by molar-refractivity contribution is 0.0671. The Morgan fingerprint density at radius 1 is 1.23 bits per heavy atom. The highest BCUT2D eigenvalue weighted by Gasteiger charge is 2.38. The van der Waals surface area contributed by atoms with E-state index < -0.39 is 0 Å². The van der Waals surface area contributed by atoms with E-state index >= 15 is 0 Å². The highest BCUT2D eigenvalue weighted by atomic mass is 16.3. The maximum Gasteiger partial charge on any atom is 0.290 e. The molecule has 128 valence electrons. The van der Waals surface area contributed by atoms with Gasteiger partial charge in [-0.25, -0.2) is 4.98 Å². The summed E-state index contributed by atoms with van der Waals surface area (Å²) in [4.78, 5) is 18.7. The number of nitrogens with one attached hydrogen (secondary N) is 1. The van der Waals surface area contributed by atoms with E-state index in [1.165, 1.54) is 12.7 Å². The van der Waals surface area contributed by atoms with Gasteiger partial charge in [0.15, 0.2) is 17.9 Å². The molecule has 1 aliphatic rings. The van der Waals surface area contributed by atoms with Gasteiger partial charge in [0.2, 0.25) is 0 Å². The van der Waals surface area contributed by atoms with Gasteiger partial charge in [-0.1, -0.05) is 12.1 Å². The quantitative estimate of drug-likeness (QED) is 0.614.